The maximum absolute atomic E-state index is 13.5. The van der Waals surface area contributed by atoms with Crippen LogP contribution >= 0.6 is 0 Å². The lowest BCUT2D eigenvalue weighted by molar-refractivity contribution is 0.0732. The highest BCUT2D eigenvalue weighted by Gasteiger charge is 2.30. The van der Waals surface area contributed by atoms with Crippen LogP contribution in [0.3, 0.4) is 0 Å². The van der Waals surface area contributed by atoms with E-state index in [1.807, 2.05) is 54.2 Å². The molecule has 1 atom stereocenters. The number of halogens is 1. The second-order valence-corrected chi connectivity index (χ2v) is 9.26. The smallest absolute Gasteiger partial charge is 0.254 e. The second kappa shape index (κ2) is 10.8. The van der Waals surface area contributed by atoms with Gasteiger partial charge in [-0.2, -0.15) is 0 Å². The van der Waals surface area contributed by atoms with Gasteiger partial charge >= 0.3 is 0 Å². The number of anilines is 1. The van der Waals surface area contributed by atoms with Gasteiger partial charge in [0.2, 0.25) is 5.88 Å². The molecule has 0 N–H and O–H groups in total. The summed E-state index contributed by atoms with van der Waals surface area (Å²) in [5.41, 5.74) is 3.09. The third kappa shape index (κ3) is 5.47. The molecule has 1 aliphatic rings. The van der Waals surface area contributed by atoms with E-state index in [2.05, 4.69) is 17.0 Å². The number of hydrogen-bond acceptors (Lipinski definition) is 5. The number of benzene rings is 2. The van der Waals surface area contributed by atoms with Crippen molar-refractivity contribution in [1.29, 1.82) is 0 Å². The van der Waals surface area contributed by atoms with Gasteiger partial charge in [-0.15, -0.1) is 0 Å². The largest absolute Gasteiger partial charge is 0.338 e. The zero-order valence-corrected chi connectivity index (χ0v) is 20.2. The molecule has 6 nitrogen and oxygen atoms in total. The topological polar surface area (TPSA) is 52.8 Å². The minimum absolute atomic E-state index is 0.139. The quantitative estimate of drug-likeness (QED) is 0.466. The van der Waals surface area contributed by atoms with Gasteiger partial charge in [0.15, 0.2) is 0 Å². The minimum Gasteiger partial charge on any atom is -0.338 e. The maximum atomic E-state index is 13.5. The van der Waals surface area contributed by atoms with Crippen LogP contribution in [0.2, 0.25) is 0 Å². The highest BCUT2D eigenvalue weighted by atomic mass is 19.1. The summed E-state index contributed by atoms with van der Waals surface area (Å²) in [4.78, 5) is 19.7. The third-order valence-corrected chi connectivity index (χ3v) is 6.42. The van der Waals surface area contributed by atoms with Crippen molar-refractivity contribution in [2.45, 2.75) is 38.8 Å². The third-order valence-electron chi connectivity index (χ3n) is 6.42. The first-order valence-corrected chi connectivity index (χ1v) is 11.9. The molecular weight excluding hydrogens is 431 g/mol. The Balaban J connectivity index is 1.73. The van der Waals surface area contributed by atoms with Crippen LogP contribution in [0, 0.1) is 5.82 Å². The van der Waals surface area contributed by atoms with Gasteiger partial charge in [-0.05, 0) is 64.5 Å². The summed E-state index contributed by atoms with van der Waals surface area (Å²) in [5.74, 6) is 0.246. The fourth-order valence-electron chi connectivity index (χ4n) is 4.43. The van der Waals surface area contributed by atoms with Crippen LogP contribution < -0.4 is 4.90 Å². The summed E-state index contributed by atoms with van der Waals surface area (Å²) in [7, 11) is 3.96. The minimum atomic E-state index is -0.358. The number of carbonyl (C=O) groups is 1. The van der Waals surface area contributed by atoms with E-state index in [0.29, 0.717) is 31.2 Å². The van der Waals surface area contributed by atoms with Crippen molar-refractivity contribution < 1.29 is 13.7 Å². The molecule has 0 aliphatic carbocycles. The molecule has 0 saturated carbocycles. The molecule has 2 aromatic carbocycles. The summed E-state index contributed by atoms with van der Waals surface area (Å²) in [5, 5.41) is 4.47. The van der Waals surface area contributed by atoms with E-state index in [1.165, 1.54) is 18.6 Å². The average molecular weight is 465 g/mol. The molecule has 180 valence electrons. The van der Waals surface area contributed by atoms with Crippen LogP contribution in [0.5, 0.6) is 0 Å². The molecule has 0 bridgehead atoms. The monoisotopic (exact) mass is 464 g/mol. The highest BCUT2D eigenvalue weighted by Crippen LogP contribution is 2.35. The highest BCUT2D eigenvalue weighted by molar-refractivity contribution is 5.94. The van der Waals surface area contributed by atoms with E-state index >= 15 is 0 Å². The van der Waals surface area contributed by atoms with Crippen molar-refractivity contribution in [2.75, 3.05) is 38.6 Å². The average Bonchev–Trinajstić information content (AvgIpc) is 3.25. The molecule has 1 saturated heterocycles. The number of piperidine rings is 1. The predicted molar refractivity (Wildman–Crippen MR) is 132 cm³/mol. The Morgan fingerprint density at radius 2 is 1.82 bits per heavy atom. The summed E-state index contributed by atoms with van der Waals surface area (Å²) < 4.78 is 19.5. The van der Waals surface area contributed by atoms with E-state index in [4.69, 9.17) is 4.52 Å². The molecule has 1 unspecified atom stereocenters. The van der Waals surface area contributed by atoms with Crippen LogP contribution in [0.1, 0.15) is 42.1 Å². The molecule has 1 amide bonds. The van der Waals surface area contributed by atoms with Gasteiger partial charge in [0, 0.05) is 36.8 Å². The van der Waals surface area contributed by atoms with E-state index in [1.54, 1.807) is 12.1 Å². The van der Waals surface area contributed by atoms with Crippen molar-refractivity contribution in [3.8, 4) is 11.3 Å². The second-order valence-electron chi connectivity index (χ2n) is 9.26. The number of hydrogen-bond donors (Lipinski definition) is 0. The summed E-state index contributed by atoms with van der Waals surface area (Å²) >= 11 is 0. The fourth-order valence-corrected chi connectivity index (χ4v) is 4.43. The summed E-state index contributed by atoms with van der Waals surface area (Å²) in [6, 6.07) is 16.0. The van der Waals surface area contributed by atoms with Crippen LogP contribution in [0.15, 0.2) is 59.1 Å². The van der Waals surface area contributed by atoms with Crippen LogP contribution in [-0.2, 0) is 6.54 Å². The summed E-state index contributed by atoms with van der Waals surface area (Å²) in [6.07, 6.45) is 3.40. The lowest BCUT2D eigenvalue weighted by atomic mass is 10.0. The van der Waals surface area contributed by atoms with Crippen LogP contribution in [0.4, 0.5) is 10.3 Å². The number of aromatic nitrogens is 1. The van der Waals surface area contributed by atoms with Crippen LogP contribution in [-0.4, -0.2) is 60.6 Å². The van der Waals surface area contributed by atoms with Gasteiger partial charge < -0.3 is 19.2 Å². The molecule has 7 heteroatoms. The Hall–Kier alpha value is -3.19. The van der Waals surface area contributed by atoms with E-state index < -0.39 is 0 Å². The number of carbonyl (C=O) groups excluding carboxylic acids is 1. The van der Waals surface area contributed by atoms with E-state index in [0.717, 1.165) is 42.1 Å². The predicted octanol–water partition coefficient (Wildman–Crippen LogP) is 5.06. The lowest BCUT2D eigenvalue weighted by Gasteiger charge is -2.34. The zero-order valence-electron chi connectivity index (χ0n) is 20.2. The van der Waals surface area contributed by atoms with Gasteiger partial charge in [-0.3, -0.25) is 4.79 Å². The molecule has 1 aromatic heterocycles. The molecule has 2 heterocycles. The number of amides is 1. The Kier molecular flexibility index (Phi) is 7.63. The lowest BCUT2D eigenvalue weighted by Crippen LogP contribution is -2.39. The van der Waals surface area contributed by atoms with Crippen LogP contribution in [0.25, 0.3) is 11.3 Å². The Morgan fingerprint density at radius 1 is 1.09 bits per heavy atom. The molecular formula is C27H33FN4O2. The van der Waals surface area contributed by atoms with Gasteiger partial charge in [-0.25, -0.2) is 4.39 Å². The summed E-state index contributed by atoms with van der Waals surface area (Å²) in [6.45, 7) is 4.70. The number of rotatable bonds is 8. The molecule has 0 radical (unpaired) electrons. The standard InChI is InChI=1S/C27H33FN4O2/c1-20-9-7-8-16-32(20)27-24(25(29-34-27)21-10-5-4-6-11-21)19-31(18-17-30(2)3)26(33)22-12-14-23(28)15-13-22/h4-6,10-15,20H,7-9,16-19H2,1-3H3. The van der Waals surface area contributed by atoms with Crippen molar-refractivity contribution >= 4 is 11.8 Å². The molecule has 1 aliphatic heterocycles. The molecule has 3 aromatic rings. The van der Waals surface area contributed by atoms with Gasteiger partial charge in [0.05, 0.1) is 12.1 Å². The van der Waals surface area contributed by atoms with Gasteiger partial charge in [-0.1, -0.05) is 35.5 Å². The normalized spacial score (nSPS) is 16.1. The molecule has 1 fully saturated rings. The van der Waals surface area contributed by atoms with Crippen molar-refractivity contribution in [2.24, 2.45) is 0 Å². The maximum Gasteiger partial charge on any atom is 0.254 e. The molecule has 4 rings (SSSR count). The molecule has 0 spiro atoms. The van der Waals surface area contributed by atoms with Gasteiger partial charge in [0.25, 0.3) is 5.91 Å². The van der Waals surface area contributed by atoms with Crippen molar-refractivity contribution in [3.05, 3.63) is 71.5 Å². The van der Waals surface area contributed by atoms with E-state index in [-0.39, 0.29) is 11.7 Å². The van der Waals surface area contributed by atoms with Gasteiger partial charge in [0.1, 0.15) is 11.5 Å². The first kappa shape index (κ1) is 24.0. The fraction of sp³-hybridized carbons (Fsp3) is 0.407. The van der Waals surface area contributed by atoms with E-state index in [9.17, 15) is 9.18 Å². The Labute approximate surface area is 200 Å². The first-order chi connectivity index (χ1) is 16.4. The Morgan fingerprint density at radius 3 is 2.50 bits per heavy atom. The van der Waals surface area contributed by atoms with Crippen molar-refractivity contribution in [3.63, 3.8) is 0 Å². The number of likely N-dealkylation sites (N-methyl/N-ethyl adjacent to an activating group) is 1. The Bertz CT molecular complexity index is 1080. The van der Waals surface area contributed by atoms with Crippen molar-refractivity contribution in [1.82, 2.24) is 15.0 Å². The molecule has 34 heavy (non-hydrogen) atoms. The zero-order chi connectivity index (χ0) is 24.1. The first-order valence-electron chi connectivity index (χ1n) is 11.9. The number of nitrogens with zero attached hydrogens (tertiary/aromatic N) is 4. The SMILES string of the molecule is CC1CCCCN1c1onc(-c2ccccc2)c1CN(CCN(C)C)C(=O)c1ccc(F)cc1.